The van der Waals surface area contributed by atoms with Crippen molar-refractivity contribution in [2.45, 2.75) is 12.6 Å². The number of nitrogens with one attached hydrogen (secondary N) is 3. The molecule has 1 aliphatic heterocycles. The minimum Gasteiger partial charge on any atom is -0.464 e. The molecule has 0 aliphatic carbocycles. The van der Waals surface area contributed by atoms with Crippen LogP contribution in [-0.2, 0) is 20.9 Å². The van der Waals surface area contributed by atoms with Crippen molar-refractivity contribution in [1.82, 2.24) is 10.2 Å². The summed E-state index contributed by atoms with van der Waals surface area (Å²) in [4.78, 5) is 26.5. The van der Waals surface area contributed by atoms with Crippen LogP contribution in [0.15, 0.2) is 66.5 Å². The molecule has 0 bridgehead atoms. The lowest BCUT2D eigenvalue weighted by atomic mass is 10.1. The number of nitrogen functional groups attached to an aromatic ring is 1. The van der Waals surface area contributed by atoms with Crippen molar-refractivity contribution in [3.8, 4) is 0 Å². The van der Waals surface area contributed by atoms with E-state index in [2.05, 4.69) is 10.6 Å². The number of nitrogens with zero attached hydrogens (tertiary/aromatic N) is 1. The van der Waals surface area contributed by atoms with Crippen molar-refractivity contribution in [2.75, 3.05) is 19.5 Å². The normalized spacial score (nSPS) is 15.9. The molecular weight excluding hydrogens is 394 g/mol. The number of amidine groups is 1. The van der Waals surface area contributed by atoms with E-state index in [1.165, 1.54) is 7.11 Å². The highest BCUT2D eigenvalue weighted by atomic mass is 16.5. The number of esters is 1. The molecule has 0 saturated carbocycles. The van der Waals surface area contributed by atoms with Crippen LogP contribution in [0.2, 0.25) is 0 Å². The van der Waals surface area contributed by atoms with E-state index in [0.29, 0.717) is 12.1 Å². The van der Waals surface area contributed by atoms with E-state index in [-0.39, 0.29) is 17.4 Å². The van der Waals surface area contributed by atoms with E-state index >= 15 is 0 Å². The Morgan fingerprint density at radius 2 is 1.90 bits per heavy atom. The average Bonchev–Trinajstić information content (AvgIpc) is 2.78. The van der Waals surface area contributed by atoms with Crippen LogP contribution in [0.5, 0.6) is 0 Å². The summed E-state index contributed by atoms with van der Waals surface area (Å²) in [5.74, 6) is -0.955. The molecule has 1 heterocycles. The summed E-state index contributed by atoms with van der Waals surface area (Å²) < 4.78 is 4.75. The maximum atomic E-state index is 12.8. The molecule has 160 valence electrons. The summed E-state index contributed by atoms with van der Waals surface area (Å²) in [6.07, 6.45) is 5.25. The second kappa shape index (κ2) is 9.62. The molecule has 0 fully saturated rings. The van der Waals surface area contributed by atoms with Gasteiger partial charge in [0, 0.05) is 31.0 Å². The van der Waals surface area contributed by atoms with Crippen molar-refractivity contribution >= 4 is 29.5 Å². The van der Waals surface area contributed by atoms with Gasteiger partial charge in [0.15, 0.2) is 0 Å². The number of hydrogen-bond acceptors (Lipinski definition) is 6. The fourth-order valence-electron chi connectivity index (χ4n) is 3.15. The Balaban J connectivity index is 1.87. The number of amides is 1. The van der Waals surface area contributed by atoms with Crippen molar-refractivity contribution in [1.29, 1.82) is 5.41 Å². The van der Waals surface area contributed by atoms with Crippen LogP contribution < -0.4 is 16.4 Å². The van der Waals surface area contributed by atoms with Gasteiger partial charge in [0.2, 0.25) is 0 Å². The molecule has 0 radical (unpaired) electrons. The van der Waals surface area contributed by atoms with Crippen molar-refractivity contribution in [3.63, 3.8) is 0 Å². The standard InChI is InChI=1S/C23H25N5O3/c1-26-18-10-5-15(6-11-18)7-12-20-22(29)27-19(23(30)31-2)14-28(20)13-16-3-8-17(9-4-16)21(24)25/h3-12,14,20,26H,13H2,1-2H3,(H3,24,25)(H,27,29)/b12-7+. The quantitative estimate of drug-likeness (QED) is 0.310. The van der Waals surface area contributed by atoms with Gasteiger partial charge in [-0.1, -0.05) is 48.6 Å². The van der Waals surface area contributed by atoms with Crippen LogP contribution in [0.25, 0.3) is 6.08 Å². The van der Waals surface area contributed by atoms with Gasteiger partial charge in [-0.3, -0.25) is 10.2 Å². The van der Waals surface area contributed by atoms with Gasteiger partial charge in [0.25, 0.3) is 5.91 Å². The number of methoxy groups -OCH3 is 1. The fourth-order valence-corrected chi connectivity index (χ4v) is 3.15. The van der Waals surface area contributed by atoms with Crippen LogP contribution in [-0.4, -0.2) is 42.8 Å². The molecule has 1 unspecified atom stereocenters. The van der Waals surface area contributed by atoms with E-state index in [0.717, 1.165) is 16.8 Å². The van der Waals surface area contributed by atoms with E-state index < -0.39 is 12.0 Å². The Labute approximate surface area is 180 Å². The summed E-state index contributed by atoms with van der Waals surface area (Å²) in [5.41, 5.74) is 9.05. The van der Waals surface area contributed by atoms with Gasteiger partial charge in [-0.05, 0) is 23.3 Å². The van der Waals surface area contributed by atoms with Crippen LogP contribution >= 0.6 is 0 Å². The van der Waals surface area contributed by atoms with E-state index in [1.54, 1.807) is 29.3 Å². The number of carbonyl (C=O) groups excluding carboxylic acids is 2. The highest BCUT2D eigenvalue weighted by Crippen LogP contribution is 2.19. The predicted molar refractivity (Wildman–Crippen MR) is 120 cm³/mol. The summed E-state index contributed by atoms with van der Waals surface area (Å²) in [7, 11) is 3.12. The first-order chi connectivity index (χ1) is 14.9. The predicted octanol–water partition coefficient (Wildman–Crippen LogP) is 2.04. The van der Waals surface area contributed by atoms with Gasteiger partial charge >= 0.3 is 5.97 Å². The highest BCUT2D eigenvalue weighted by molar-refractivity contribution is 5.98. The third-order valence-corrected chi connectivity index (χ3v) is 4.88. The minimum atomic E-state index is -0.620. The third-order valence-electron chi connectivity index (χ3n) is 4.88. The fraction of sp³-hybridized carbons (Fsp3) is 0.174. The van der Waals surface area contributed by atoms with E-state index in [1.807, 2.05) is 49.5 Å². The molecule has 1 amide bonds. The molecule has 1 atom stereocenters. The zero-order chi connectivity index (χ0) is 22.4. The first kappa shape index (κ1) is 21.6. The molecule has 0 spiro atoms. The van der Waals surface area contributed by atoms with Crippen molar-refractivity contribution in [2.24, 2.45) is 5.73 Å². The van der Waals surface area contributed by atoms with Crippen molar-refractivity contribution < 1.29 is 14.3 Å². The van der Waals surface area contributed by atoms with Gasteiger partial charge in [-0.25, -0.2) is 4.79 Å². The number of rotatable bonds is 7. The van der Waals surface area contributed by atoms with E-state index in [9.17, 15) is 9.59 Å². The smallest absolute Gasteiger partial charge is 0.356 e. The summed E-state index contributed by atoms with van der Waals surface area (Å²) in [6.45, 7) is 0.375. The Bertz CT molecular complexity index is 1030. The van der Waals surface area contributed by atoms with Crippen LogP contribution in [0.3, 0.4) is 0 Å². The molecule has 8 nitrogen and oxygen atoms in total. The zero-order valence-electron chi connectivity index (χ0n) is 17.4. The van der Waals surface area contributed by atoms with E-state index in [4.69, 9.17) is 15.9 Å². The monoisotopic (exact) mass is 419 g/mol. The average molecular weight is 419 g/mol. The molecule has 1 aliphatic rings. The molecular formula is C23H25N5O3. The molecule has 3 rings (SSSR count). The molecule has 0 aromatic heterocycles. The maximum Gasteiger partial charge on any atom is 0.356 e. The SMILES string of the molecule is CNc1ccc(/C=C/C2C(=O)NC(C(=O)OC)=CN2Cc2ccc(C(=N)N)cc2)cc1. The lowest BCUT2D eigenvalue weighted by Gasteiger charge is -2.32. The Kier molecular flexibility index (Phi) is 6.71. The number of hydrogen-bond donors (Lipinski definition) is 4. The van der Waals surface area contributed by atoms with Crippen molar-refractivity contribution in [3.05, 3.63) is 83.2 Å². The lowest BCUT2D eigenvalue weighted by molar-refractivity contribution is -0.139. The first-order valence-electron chi connectivity index (χ1n) is 9.67. The Morgan fingerprint density at radius 1 is 1.23 bits per heavy atom. The number of ether oxygens (including phenoxy) is 1. The second-order valence-electron chi connectivity index (χ2n) is 6.98. The summed E-state index contributed by atoms with van der Waals surface area (Å²) in [5, 5.41) is 13.2. The molecule has 31 heavy (non-hydrogen) atoms. The zero-order valence-corrected chi connectivity index (χ0v) is 17.4. The molecule has 2 aromatic carbocycles. The number of nitrogens with two attached hydrogens (primary N) is 1. The minimum absolute atomic E-state index is 0.0122. The van der Waals surface area contributed by atoms with Crippen LogP contribution in [0.4, 0.5) is 5.69 Å². The van der Waals surface area contributed by atoms with Gasteiger partial charge in [0.1, 0.15) is 17.6 Å². The first-order valence-corrected chi connectivity index (χ1v) is 9.67. The maximum absolute atomic E-state index is 12.8. The topological polar surface area (TPSA) is 121 Å². The summed E-state index contributed by atoms with van der Waals surface area (Å²) >= 11 is 0. The summed E-state index contributed by atoms with van der Waals surface area (Å²) in [6, 6.07) is 14.4. The molecule has 5 N–H and O–H groups in total. The number of benzene rings is 2. The third kappa shape index (κ3) is 5.30. The van der Waals surface area contributed by atoms with Gasteiger partial charge in [-0.15, -0.1) is 0 Å². The Morgan fingerprint density at radius 3 is 2.48 bits per heavy atom. The van der Waals surface area contributed by atoms with Gasteiger partial charge in [-0.2, -0.15) is 0 Å². The Hall–Kier alpha value is -4.07. The largest absolute Gasteiger partial charge is 0.464 e. The van der Waals surface area contributed by atoms with Crippen LogP contribution in [0, 0.1) is 5.41 Å². The van der Waals surface area contributed by atoms with Crippen LogP contribution in [0.1, 0.15) is 16.7 Å². The van der Waals surface area contributed by atoms with Gasteiger partial charge < -0.3 is 26.0 Å². The lowest BCUT2D eigenvalue weighted by Crippen LogP contribution is -2.49. The second-order valence-corrected chi connectivity index (χ2v) is 6.98. The highest BCUT2D eigenvalue weighted by Gasteiger charge is 2.30. The number of anilines is 1. The van der Waals surface area contributed by atoms with Gasteiger partial charge in [0.05, 0.1) is 7.11 Å². The molecule has 8 heteroatoms. The molecule has 2 aromatic rings. The number of carbonyl (C=O) groups is 2. The molecule has 0 saturated heterocycles.